The van der Waals surface area contributed by atoms with Gasteiger partial charge in [0.05, 0.1) is 0 Å². The molecule has 8 heteroatoms. The van der Waals surface area contributed by atoms with Crippen LogP contribution in [0.1, 0.15) is 24.7 Å². The Hall–Kier alpha value is -1.70. The summed E-state index contributed by atoms with van der Waals surface area (Å²) in [6.45, 7) is 3.51. The van der Waals surface area contributed by atoms with Gasteiger partial charge in [-0.05, 0) is 43.0 Å². The highest BCUT2D eigenvalue weighted by Gasteiger charge is 2.29. The molecule has 1 aromatic carbocycles. The Kier molecular flexibility index (Phi) is 4.22. The number of aryl methyl sites for hydroxylation is 1. The second-order valence-corrected chi connectivity index (χ2v) is 5.24. The number of aromatic nitrogens is 2. The van der Waals surface area contributed by atoms with Crippen molar-refractivity contribution in [2.45, 2.75) is 30.3 Å². The molecule has 0 saturated carbocycles. The molecule has 1 atom stereocenters. The fourth-order valence-electron chi connectivity index (χ4n) is 1.55. The molecule has 0 aliphatic carbocycles. The molecule has 108 valence electrons. The Morgan fingerprint density at radius 2 is 1.85 bits per heavy atom. The van der Waals surface area contributed by atoms with E-state index in [1.165, 1.54) is 12.1 Å². The second kappa shape index (κ2) is 5.74. The van der Waals surface area contributed by atoms with Gasteiger partial charge in [0, 0.05) is 17.5 Å². The summed E-state index contributed by atoms with van der Waals surface area (Å²) in [5.74, 6) is 0.891. The van der Waals surface area contributed by atoms with Gasteiger partial charge >= 0.3 is 5.51 Å². The van der Waals surface area contributed by atoms with Crippen molar-refractivity contribution in [2.75, 3.05) is 5.32 Å². The lowest BCUT2D eigenvalue weighted by atomic mass is 10.2. The van der Waals surface area contributed by atoms with Crippen molar-refractivity contribution in [3.05, 3.63) is 36.0 Å². The number of rotatable bonds is 4. The second-order valence-electron chi connectivity index (χ2n) is 4.10. The van der Waals surface area contributed by atoms with Gasteiger partial charge in [0.15, 0.2) is 0 Å². The van der Waals surface area contributed by atoms with E-state index in [1.54, 1.807) is 19.1 Å². The molecule has 0 bridgehead atoms. The number of alkyl halides is 3. The van der Waals surface area contributed by atoms with E-state index in [0.29, 0.717) is 17.5 Å². The molecule has 0 amide bonds. The van der Waals surface area contributed by atoms with Crippen LogP contribution >= 0.6 is 11.8 Å². The summed E-state index contributed by atoms with van der Waals surface area (Å²) in [6.07, 6.45) is 0. The maximum atomic E-state index is 12.2. The molecule has 0 radical (unpaired) electrons. The molecule has 0 saturated heterocycles. The van der Waals surface area contributed by atoms with Crippen LogP contribution in [0.2, 0.25) is 0 Å². The van der Waals surface area contributed by atoms with E-state index in [1.807, 2.05) is 6.92 Å². The van der Waals surface area contributed by atoms with Crippen LogP contribution in [0.4, 0.5) is 18.9 Å². The Balaban J connectivity index is 2.00. The van der Waals surface area contributed by atoms with Crippen LogP contribution in [-0.2, 0) is 0 Å². The average molecular weight is 303 g/mol. The van der Waals surface area contributed by atoms with Gasteiger partial charge in [-0.3, -0.25) is 0 Å². The fourth-order valence-corrected chi connectivity index (χ4v) is 2.09. The molecule has 2 rings (SSSR count). The zero-order valence-corrected chi connectivity index (χ0v) is 11.5. The number of nitrogens with zero attached hydrogens (tertiary/aromatic N) is 2. The van der Waals surface area contributed by atoms with E-state index in [2.05, 4.69) is 15.5 Å². The molecule has 1 heterocycles. The van der Waals surface area contributed by atoms with Crippen LogP contribution in [0.25, 0.3) is 0 Å². The summed E-state index contributed by atoms with van der Waals surface area (Å²) in [4.78, 5) is 0.143. The first-order valence-corrected chi connectivity index (χ1v) is 6.57. The third kappa shape index (κ3) is 4.16. The number of hydrogen-bond donors (Lipinski definition) is 1. The van der Waals surface area contributed by atoms with Gasteiger partial charge in [-0.15, -0.1) is 10.2 Å². The molecule has 0 aliphatic heterocycles. The van der Waals surface area contributed by atoms with Crippen molar-refractivity contribution >= 4 is 17.4 Å². The van der Waals surface area contributed by atoms with Crippen molar-refractivity contribution in [3.63, 3.8) is 0 Å². The summed E-state index contributed by atoms with van der Waals surface area (Å²) in [7, 11) is 0. The first-order valence-electron chi connectivity index (χ1n) is 5.76. The Morgan fingerprint density at radius 3 is 2.35 bits per heavy atom. The van der Waals surface area contributed by atoms with Crippen molar-refractivity contribution < 1.29 is 17.6 Å². The highest BCUT2D eigenvalue weighted by atomic mass is 32.2. The zero-order chi connectivity index (χ0) is 14.8. The minimum Gasteiger partial charge on any atom is -0.423 e. The molecule has 0 aliphatic rings. The summed E-state index contributed by atoms with van der Waals surface area (Å²) in [5.41, 5.74) is -3.59. The van der Waals surface area contributed by atoms with Crippen molar-refractivity contribution in [3.8, 4) is 0 Å². The molecule has 0 spiro atoms. The molecule has 1 N–H and O–H groups in total. The lowest BCUT2D eigenvalue weighted by molar-refractivity contribution is -0.0328. The summed E-state index contributed by atoms with van der Waals surface area (Å²) < 4.78 is 41.9. The number of benzene rings is 1. The normalized spacial score (nSPS) is 13.2. The third-order valence-corrected chi connectivity index (χ3v) is 3.12. The van der Waals surface area contributed by atoms with E-state index in [9.17, 15) is 13.2 Å². The van der Waals surface area contributed by atoms with Crippen LogP contribution in [0, 0.1) is 6.92 Å². The fraction of sp³-hybridized carbons (Fsp3) is 0.333. The van der Waals surface area contributed by atoms with Gasteiger partial charge in [0.1, 0.15) is 6.04 Å². The van der Waals surface area contributed by atoms with Gasteiger partial charge in [-0.2, -0.15) is 13.2 Å². The molecular weight excluding hydrogens is 291 g/mol. The minimum atomic E-state index is -4.27. The Bertz CT molecular complexity index is 568. The first kappa shape index (κ1) is 14.7. The topological polar surface area (TPSA) is 51.0 Å². The predicted octanol–water partition coefficient (Wildman–Crippen LogP) is 4.16. The number of hydrogen-bond acceptors (Lipinski definition) is 5. The molecule has 1 aromatic heterocycles. The lowest BCUT2D eigenvalue weighted by Gasteiger charge is -2.12. The van der Waals surface area contributed by atoms with Gasteiger partial charge in [0.25, 0.3) is 0 Å². The van der Waals surface area contributed by atoms with Crippen LogP contribution in [-0.4, -0.2) is 15.7 Å². The van der Waals surface area contributed by atoms with Gasteiger partial charge < -0.3 is 9.73 Å². The average Bonchev–Trinajstić information content (AvgIpc) is 2.77. The molecule has 0 unspecified atom stereocenters. The quantitative estimate of drug-likeness (QED) is 0.859. The van der Waals surface area contributed by atoms with Crippen LogP contribution in [0.3, 0.4) is 0 Å². The summed E-state index contributed by atoms with van der Waals surface area (Å²) in [6, 6.07) is 5.75. The van der Waals surface area contributed by atoms with E-state index in [-0.39, 0.29) is 22.7 Å². The maximum absolute atomic E-state index is 12.2. The van der Waals surface area contributed by atoms with E-state index in [0.717, 1.165) is 0 Å². The Labute approximate surface area is 117 Å². The molecule has 2 aromatic rings. The van der Waals surface area contributed by atoms with Gasteiger partial charge in [0.2, 0.25) is 11.8 Å². The van der Waals surface area contributed by atoms with Crippen LogP contribution in [0.15, 0.2) is 33.6 Å². The smallest absolute Gasteiger partial charge is 0.423 e. The summed E-state index contributed by atoms with van der Waals surface area (Å²) in [5, 5.41) is 10.7. The highest BCUT2D eigenvalue weighted by Crippen LogP contribution is 2.37. The number of thioether (sulfide) groups is 1. The maximum Gasteiger partial charge on any atom is 0.446 e. The largest absolute Gasteiger partial charge is 0.446 e. The molecule has 20 heavy (non-hydrogen) atoms. The van der Waals surface area contributed by atoms with E-state index in [4.69, 9.17) is 4.42 Å². The van der Waals surface area contributed by atoms with E-state index >= 15 is 0 Å². The molecular formula is C12H12F3N3OS. The monoisotopic (exact) mass is 303 g/mol. The van der Waals surface area contributed by atoms with Crippen molar-refractivity contribution in [1.82, 2.24) is 10.2 Å². The highest BCUT2D eigenvalue weighted by molar-refractivity contribution is 8.00. The lowest BCUT2D eigenvalue weighted by Crippen LogP contribution is -2.07. The number of nitrogens with one attached hydrogen (secondary N) is 1. The van der Waals surface area contributed by atoms with Crippen LogP contribution < -0.4 is 5.32 Å². The molecule has 4 nitrogen and oxygen atoms in total. The standard InChI is InChI=1S/C12H12F3N3OS/c1-7(11-18-17-8(2)19-11)16-9-3-5-10(6-4-9)20-12(13,14)15/h3-7,16H,1-2H3/t7-/m0/s1. The first-order chi connectivity index (χ1) is 9.33. The van der Waals surface area contributed by atoms with Crippen LogP contribution in [0.5, 0.6) is 0 Å². The van der Waals surface area contributed by atoms with E-state index < -0.39 is 5.51 Å². The number of halogens is 3. The Morgan fingerprint density at radius 1 is 1.20 bits per heavy atom. The van der Waals surface area contributed by atoms with Gasteiger partial charge in [-0.1, -0.05) is 0 Å². The summed E-state index contributed by atoms with van der Waals surface area (Å²) >= 11 is -0.141. The third-order valence-electron chi connectivity index (χ3n) is 2.38. The van der Waals surface area contributed by atoms with Gasteiger partial charge in [-0.25, -0.2) is 0 Å². The predicted molar refractivity (Wildman–Crippen MR) is 69.4 cm³/mol. The minimum absolute atomic E-state index is 0.141. The van der Waals surface area contributed by atoms with Crippen molar-refractivity contribution in [1.29, 1.82) is 0 Å². The number of anilines is 1. The molecule has 0 fully saturated rings. The SMILES string of the molecule is Cc1nnc([C@H](C)Nc2ccc(SC(F)(F)F)cc2)o1. The van der Waals surface area contributed by atoms with Crippen molar-refractivity contribution in [2.24, 2.45) is 0 Å². The zero-order valence-electron chi connectivity index (χ0n) is 10.7.